The molecule has 9 aromatic carbocycles. The summed E-state index contributed by atoms with van der Waals surface area (Å²) < 4.78 is 104. The van der Waals surface area contributed by atoms with E-state index in [0.29, 0.717) is 16.3 Å². The van der Waals surface area contributed by atoms with Gasteiger partial charge in [0.2, 0.25) is 0 Å². The fraction of sp³-hybridized carbons (Fsp3) is 0. The van der Waals surface area contributed by atoms with Crippen LogP contribution < -0.4 is 0 Å². The molecule has 0 bridgehead atoms. The number of benzene rings is 9. The first-order valence-electron chi connectivity index (χ1n) is 20.8. The Morgan fingerprint density at radius 1 is 0.383 bits per heavy atom. The van der Waals surface area contributed by atoms with Gasteiger partial charge in [-0.1, -0.05) is 139 Å². The molecule has 0 atom stereocenters. The molecule has 0 saturated heterocycles. The predicted molar refractivity (Wildman–Crippen MR) is 200 cm³/mol. The summed E-state index contributed by atoms with van der Waals surface area (Å²) in [5, 5.41) is 6.60. The van der Waals surface area contributed by atoms with Gasteiger partial charge in [-0.25, -0.2) is 0 Å². The smallest absolute Gasteiger partial charge is 0.143 e. The molecule has 0 spiro atoms. The lowest BCUT2D eigenvalue weighted by molar-refractivity contribution is 0.672. The number of rotatable bonds is 3. The molecule has 1 aromatic heterocycles. The summed E-state index contributed by atoms with van der Waals surface area (Å²) in [5.41, 5.74) is 3.08. The first kappa shape index (κ1) is 17.5. The zero-order valence-corrected chi connectivity index (χ0v) is 24.7. The lowest BCUT2D eigenvalue weighted by Crippen LogP contribution is -1.91. The van der Waals surface area contributed by atoms with Crippen LogP contribution in [0.15, 0.2) is 174 Å². The standard InChI is InChI=1S/C46H28O/c1-2-10-29(11-3-1)31-18-19-33-27-34(21-20-32(33)26-31)44-37-14-6-8-16-39(37)45(40-17-9-7-15-38(40)44)35-23-25-43-42(28-35)41-24-22-30-12-4-5-13-36(30)46(41)47-43/h1-28H/i1D,2D,3D,10D,11D,18D,19D,20D,21D,26D,27D. The van der Waals surface area contributed by atoms with Crippen LogP contribution in [-0.2, 0) is 0 Å². The normalized spacial score (nSPS) is 15.1. The summed E-state index contributed by atoms with van der Waals surface area (Å²) in [5.74, 6) is 0. The summed E-state index contributed by atoms with van der Waals surface area (Å²) in [6, 6.07) is 27.5. The second kappa shape index (κ2) is 10.2. The highest BCUT2D eigenvalue weighted by molar-refractivity contribution is 6.23. The molecule has 0 N–H and O–H groups in total. The molecule has 10 rings (SSSR count). The minimum atomic E-state index is -0.668. The van der Waals surface area contributed by atoms with Gasteiger partial charge in [0.25, 0.3) is 0 Å². The van der Waals surface area contributed by atoms with Gasteiger partial charge >= 0.3 is 0 Å². The molecule has 0 fully saturated rings. The maximum absolute atomic E-state index is 9.62. The van der Waals surface area contributed by atoms with Crippen molar-refractivity contribution < 1.29 is 19.5 Å². The minimum absolute atomic E-state index is 0.0578. The molecular weight excluding hydrogens is 569 g/mol. The van der Waals surface area contributed by atoms with Crippen molar-refractivity contribution in [1.29, 1.82) is 0 Å². The Hall–Kier alpha value is -6.18. The summed E-state index contributed by atoms with van der Waals surface area (Å²) in [4.78, 5) is 0. The van der Waals surface area contributed by atoms with Gasteiger partial charge in [-0.15, -0.1) is 0 Å². The van der Waals surface area contributed by atoms with E-state index in [-0.39, 0.29) is 28.4 Å². The molecule has 10 aromatic rings. The van der Waals surface area contributed by atoms with Crippen LogP contribution in [-0.4, -0.2) is 0 Å². The van der Waals surface area contributed by atoms with E-state index in [1.165, 1.54) is 0 Å². The molecule has 0 unspecified atom stereocenters. The predicted octanol–water partition coefficient (Wildman–Crippen LogP) is 13.2. The van der Waals surface area contributed by atoms with Crippen molar-refractivity contribution in [2.45, 2.75) is 0 Å². The van der Waals surface area contributed by atoms with Crippen LogP contribution >= 0.6 is 0 Å². The van der Waals surface area contributed by atoms with E-state index in [2.05, 4.69) is 30.3 Å². The van der Waals surface area contributed by atoms with Crippen LogP contribution in [0.25, 0.3) is 98.4 Å². The molecule has 0 amide bonds. The van der Waals surface area contributed by atoms with Gasteiger partial charge in [0.1, 0.15) is 11.2 Å². The van der Waals surface area contributed by atoms with Crippen LogP contribution in [0.3, 0.4) is 0 Å². The second-order valence-corrected chi connectivity index (χ2v) is 11.6. The largest absolute Gasteiger partial charge is 0.455 e. The van der Waals surface area contributed by atoms with E-state index in [1.54, 1.807) is 0 Å². The van der Waals surface area contributed by atoms with Gasteiger partial charge in [0.15, 0.2) is 0 Å². The van der Waals surface area contributed by atoms with E-state index in [0.717, 1.165) is 54.6 Å². The molecule has 1 heteroatoms. The van der Waals surface area contributed by atoms with E-state index in [1.807, 2.05) is 72.8 Å². The minimum Gasteiger partial charge on any atom is -0.455 e. The average molecular weight is 608 g/mol. The lowest BCUT2D eigenvalue weighted by atomic mass is 9.85. The van der Waals surface area contributed by atoms with Gasteiger partial charge in [-0.3, -0.25) is 0 Å². The van der Waals surface area contributed by atoms with Crippen LogP contribution in [0.1, 0.15) is 15.1 Å². The van der Waals surface area contributed by atoms with Gasteiger partial charge < -0.3 is 4.42 Å². The van der Waals surface area contributed by atoms with Crippen LogP contribution in [0.4, 0.5) is 0 Å². The second-order valence-electron chi connectivity index (χ2n) is 11.6. The van der Waals surface area contributed by atoms with E-state index in [9.17, 15) is 5.48 Å². The Bertz CT molecular complexity index is 3390. The van der Waals surface area contributed by atoms with E-state index in [4.69, 9.17) is 14.0 Å². The topological polar surface area (TPSA) is 13.1 Å². The summed E-state index contributed by atoms with van der Waals surface area (Å²) in [6.07, 6.45) is 0. The molecule has 0 aliphatic carbocycles. The third-order valence-electron chi connectivity index (χ3n) is 8.96. The summed E-state index contributed by atoms with van der Waals surface area (Å²) >= 11 is 0. The van der Waals surface area contributed by atoms with Crippen molar-refractivity contribution in [3.8, 4) is 33.4 Å². The monoisotopic (exact) mass is 607 g/mol. The van der Waals surface area contributed by atoms with Gasteiger partial charge in [0.05, 0.1) is 15.1 Å². The zero-order valence-electron chi connectivity index (χ0n) is 35.7. The highest BCUT2D eigenvalue weighted by Crippen LogP contribution is 2.45. The van der Waals surface area contributed by atoms with Gasteiger partial charge in [-0.2, -0.15) is 0 Å². The average Bonchev–Trinajstić information content (AvgIpc) is 3.62. The van der Waals surface area contributed by atoms with E-state index < -0.39 is 65.5 Å². The fourth-order valence-electron chi connectivity index (χ4n) is 6.87. The van der Waals surface area contributed by atoms with Crippen LogP contribution in [0.5, 0.6) is 0 Å². The highest BCUT2D eigenvalue weighted by atomic mass is 16.3. The van der Waals surface area contributed by atoms with Crippen molar-refractivity contribution in [2.75, 3.05) is 0 Å². The Labute approximate surface area is 287 Å². The number of hydrogen-bond acceptors (Lipinski definition) is 1. The third-order valence-corrected chi connectivity index (χ3v) is 8.96. The van der Waals surface area contributed by atoms with Crippen molar-refractivity contribution in [1.82, 2.24) is 0 Å². The van der Waals surface area contributed by atoms with Crippen molar-refractivity contribution in [3.63, 3.8) is 0 Å². The molecule has 1 nitrogen and oxygen atoms in total. The third kappa shape index (κ3) is 4.03. The Balaban J connectivity index is 1.27. The maximum Gasteiger partial charge on any atom is 0.143 e. The highest BCUT2D eigenvalue weighted by Gasteiger charge is 2.18. The fourth-order valence-corrected chi connectivity index (χ4v) is 6.87. The lowest BCUT2D eigenvalue weighted by Gasteiger charge is -2.18. The van der Waals surface area contributed by atoms with Crippen LogP contribution in [0.2, 0.25) is 0 Å². The Kier molecular flexibility index (Phi) is 3.79. The number of hydrogen-bond donors (Lipinski definition) is 0. The molecule has 218 valence electrons. The zero-order chi connectivity index (χ0) is 40.5. The maximum atomic E-state index is 9.62. The van der Waals surface area contributed by atoms with Crippen molar-refractivity contribution in [3.05, 3.63) is 170 Å². The van der Waals surface area contributed by atoms with Gasteiger partial charge in [-0.05, 0) is 101 Å². The quantitative estimate of drug-likeness (QED) is 0.182. The summed E-state index contributed by atoms with van der Waals surface area (Å²) in [6.45, 7) is 0. The van der Waals surface area contributed by atoms with Gasteiger partial charge in [0, 0.05) is 16.2 Å². The molecule has 0 radical (unpaired) electrons. The van der Waals surface area contributed by atoms with Crippen LogP contribution in [0, 0.1) is 0 Å². The first-order valence-corrected chi connectivity index (χ1v) is 15.3. The molecular formula is C46H28O. The van der Waals surface area contributed by atoms with Crippen molar-refractivity contribution in [2.24, 2.45) is 0 Å². The summed E-state index contributed by atoms with van der Waals surface area (Å²) in [7, 11) is 0. The molecule has 0 aliphatic rings. The van der Waals surface area contributed by atoms with E-state index >= 15 is 0 Å². The SMILES string of the molecule is [2H]c1c([2H])c([2H])c(-c2c([2H])c([2H])c3c([2H])c(-c4c5ccccc5c(-c5ccc6oc7c8ccccc8ccc7c6c5)c5ccccc45)c([2H])c([2H])c3c2[2H])c([2H])c1[2H]. The molecule has 1 heterocycles. The molecule has 0 aliphatic heterocycles. The van der Waals surface area contributed by atoms with Crippen molar-refractivity contribution >= 4 is 65.0 Å². The molecule has 0 saturated carbocycles. The number of fused-ring (bicyclic) bond motifs is 8. The number of furan rings is 1. The first-order chi connectivity index (χ1) is 27.9. The Morgan fingerprint density at radius 3 is 1.68 bits per heavy atom. The Morgan fingerprint density at radius 2 is 0.979 bits per heavy atom. The molecule has 47 heavy (non-hydrogen) atoms.